The quantitative estimate of drug-likeness (QED) is 0.324. The number of ether oxygens (including phenoxy) is 3. The first kappa shape index (κ1) is 21.7. The van der Waals surface area contributed by atoms with Crippen molar-refractivity contribution in [1.82, 2.24) is 29.4 Å². The summed E-state index contributed by atoms with van der Waals surface area (Å²) in [5, 5.41) is 10.0. The van der Waals surface area contributed by atoms with Crippen LogP contribution < -0.4 is 14.2 Å². The smallest absolute Gasteiger partial charge is 0.203 e. The fraction of sp³-hybridized carbons (Fsp3) is 0.280. The third-order valence-corrected chi connectivity index (χ3v) is 5.32. The molecular weight excluding hydrogens is 432 g/mol. The predicted octanol–water partition coefficient (Wildman–Crippen LogP) is 4.39. The van der Waals surface area contributed by atoms with Gasteiger partial charge in [0.2, 0.25) is 5.75 Å². The Labute approximate surface area is 196 Å². The number of rotatable bonds is 9. The lowest BCUT2D eigenvalue weighted by atomic mass is 10.1. The molecule has 5 rings (SSSR count). The van der Waals surface area contributed by atoms with Crippen LogP contribution in [0.25, 0.3) is 28.1 Å². The topological polar surface area (TPSA) is 88.6 Å². The number of hydrogen-bond donors (Lipinski definition) is 0. The van der Waals surface area contributed by atoms with Crippen molar-refractivity contribution >= 4 is 16.7 Å². The molecule has 0 amide bonds. The van der Waals surface area contributed by atoms with E-state index < -0.39 is 0 Å². The fourth-order valence-electron chi connectivity index (χ4n) is 3.88. The third kappa shape index (κ3) is 4.00. The Morgan fingerprint density at radius 3 is 2.24 bits per heavy atom. The van der Waals surface area contributed by atoms with E-state index in [1.165, 1.54) is 0 Å². The highest BCUT2D eigenvalue weighted by Gasteiger charge is 2.19. The molecule has 0 aliphatic carbocycles. The van der Waals surface area contributed by atoms with Gasteiger partial charge in [0, 0.05) is 5.56 Å². The van der Waals surface area contributed by atoms with Gasteiger partial charge in [-0.2, -0.15) is 5.10 Å². The van der Waals surface area contributed by atoms with E-state index in [9.17, 15) is 0 Å². The number of nitrogens with zero attached hydrogens (tertiary/aromatic N) is 6. The van der Waals surface area contributed by atoms with Crippen molar-refractivity contribution in [2.45, 2.75) is 27.3 Å². The van der Waals surface area contributed by atoms with Crippen LogP contribution in [-0.2, 0) is 6.54 Å². The summed E-state index contributed by atoms with van der Waals surface area (Å²) in [5.74, 6) is 2.33. The van der Waals surface area contributed by atoms with Crippen molar-refractivity contribution in [1.29, 1.82) is 0 Å². The lowest BCUT2D eigenvalue weighted by Crippen LogP contribution is -2.03. The van der Waals surface area contributed by atoms with Crippen LogP contribution in [0.4, 0.5) is 0 Å². The molecule has 0 radical (unpaired) electrons. The van der Waals surface area contributed by atoms with Crippen LogP contribution in [0.3, 0.4) is 0 Å². The van der Waals surface area contributed by atoms with E-state index >= 15 is 0 Å². The largest absolute Gasteiger partial charge is 0.490 e. The van der Waals surface area contributed by atoms with Gasteiger partial charge >= 0.3 is 0 Å². The SMILES string of the molecule is CCOc1cc(-c2nc3c4cnn(Cc5ccccc5)c4ncn3n2)cc(OCC)c1OCC. The molecule has 3 aromatic heterocycles. The monoisotopic (exact) mass is 458 g/mol. The van der Waals surface area contributed by atoms with Crippen LogP contribution >= 0.6 is 0 Å². The van der Waals surface area contributed by atoms with E-state index in [-0.39, 0.29) is 0 Å². The summed E-state index contributed by atoms with van der Waals surface area (Å²) in [6.07, 6.45) is 3.45. The summed E-state index contributed by atoms with van der Waals surface area (Å²) in [6.45, 7) is 7.92. The lowest BCUT2D eigenvalue weighted by molar-refractivity contribution is 0.261. The minimum absolute atomic E-state index is 0.499. The lowest BCUT2D eigenvalue weighted by Gasteiger charge is -2.16. The molecule has 0 saturated carbocycles. The number of benzene rings is 2. The molecule has 0 N–H and O–H groups in total. The van der Waals surface area contributed by atoms with Gasteiger partial charge in [-0.25, -0.2) is 19.2 Å². The second-order valence-electron chi connectivity index (χ2n) is 7.57. The van der Waals surface area contributed by atoms with Gasteiger partial charge < -0.3 is 14.2 Å². The van der Waals surface area contributed by atoms with E-state index in [1.54, 1.807) is 17.0 Å². The first-order chi connectivity index (χ1) is 16.7. The molecule has 0 atom stereocenters. The minimum atomic E-state index is 0.499. The molecule has 3 heterocycles. The van der Waals surface area contributed by atoms with Crippen molar-refractivity contribution in [2.75, 3.05) is 19.8 Å². The Bertz CT molecular complexity index is 1400. The molecule has 0 bridgehead atoms. The average Bonchev–Trinajstić information content (AvgIpc) is 3.46. The van der Waals surface area contributed by atoms with E-state index in [1.807, 2.05) is 55.8 Å². The van der Waals surface area contributed by atoms with Crippen LogP contribution in [0.1, 0.15) is 26.3 Å². The Balaban J connectivity index is 1.58. The molecule has 9 nitrogen and oxygen atoms in total. The highest BCUT2D eigenvalue weighted by Crippen LogP contribution is 2.41. The molecule has 0 unspecified atom stereocenters. The predicted molar refractivity (Wildman–Crippen MR) is 129 cm³/mol. The zero-order valence-electron chi connectivity index (χ0n) is 19.4. The van der Waals surface area contributed by atoms with E-state index in [2.05, 4.69) is 27.3 Å². The number of aromatic nitrogens is 6. The van der Waals surface area contributed by atoms with Crippen molar-refractivity contribution in [3.8, 4) is 28.6 Å². The molecular formula is C25H26N6O3. The molecule has 0 saturated heterocycles. The fourth-order valence-corrected chi connectivity index (χ4v) is 3.88. The second-order valence-corrected chi connectivity index (χ2v) is 7.57. The van der Waals surface area contributed by atoms with Crippen molar-refractivity contribution in [2.24, 2.45) is 0 Å². The van der Waals surface area contributed by atoms with E-state index in [0.29, 0.717) is 55.1 Å². The van der Waals surface area contributed by atoms with E-state index in [4.69, 9.17) is 19.2 Å². The van der Waals surface area contributed by atoms with Crippen LogP contribution in [0.15, 0.2) is 55.0 Å². The van der Waals surface area contributed by atoms with Crippen molar-refractivity contribution < 1.29 is 14.2 Å². The zero-order valence-corrected chi connectivity index (χ0v) is 19.4. The molecule has 34 heavy (non-hydrogen) atoms. The summed E-state index contributed by atoms with van der Waals surface area (Å²) in [5.41, 5.74) is 3.36. The molecule has 2 aromatic carbocycles. The molecule has 9 heteroatoms. The maximum atomic E-state index is 5.85. The first-order valence-corrected chi connectivity index (χ1v) is 11.4. The molecule has 0 aliphatic rings. The normalized spacial score (nSPS) is 11.3. The summed E-state index contributed by atoms with van der Waals surface area (Å²) in [7, 11) is 0. The Morgan fingerprint density at radius 2 is 1.56 bits per heavy atom. The molecule has 174 valence electrons. The van der Waals surface area contributed by atoms with Crippen LogP contribution in [-0.4, -0.2) is 49.2 Å². The standard InChI is InChI=1S/C25H26N6O3/c1-4-32-20-12-18(13-21(33-5-2)22(20)34-6-3)23-28-25-19-14-27-30(15-17-10-8-7-9-11-17)24(19)26-16-31(25)29-23/h7-14,16H,4-6,15H2,1-3H3. The highest BCUT2D eigenvalue weighted by atomic mass is 16.5. The van der Waals surface area contributed by atoms with Gasteiger partial charge in [-0.1, -0.05) is 30.3 Å². The molecule has 0 fully saturated rings. The maximum absolute atomic E-state index is 5.85. The summed E-state index contributed by atoms with van der Waals surface area (Å²) < 4.78 is 21.1. The van der Waals surface area contributed by atoms with Gasteiger partial charge in [-0.15, -0.1) is 5.10 Å². The van der Waals surface area contributed by atoms with Crippen LogP contribution in [0.5, 0.6) is 17.2 Å². The van der Waals surface area contributed by atoms with E-state index in [0.717, 1.165) is 22.2 Å². The second kappa shape index (κ2) is 9.38. The van der Waals surface area contributed by atoms with Gasteiger partial charge in [0.15, 0.2) is 28.6 Å². The van der Waals surface area contributed by atoms with Gasteiger partial charge in [0.1, 0.15) is 6.33 Å². The van der Waals surface area contributed by atoms with Crippen molar-refractivity contribution in [3.05, 3.63) is 60.6 Å². The summed E-state index contributed by atoms with van der Waals surface area (Å²) in [4.78, 5) is 9.41. The van der Waals surface area contributed by atoms with Crippen LogP contribution in [0, 0.1) is 0 Å². The Kier molecular flexibility index (Phi) is 5.99. The van der Waals surface area contributed by atoms with Crippen molar-refractivity contribution in [3.63, 3.8) is 0 Å². The van der Waals surface area contributed by atoms with Gasteiger partial charge in [0.05, 0.1) is 37.9 Å². The Hall–Kier alpha value is -4.14. The van der Waals surface area contributed by atoms with Crippen LogP contribution in [0.2, 0.25) is 0 Å². The summed E-state index contributed by atoms with van der Waals surface area (Å²) >= 11 is 0. The number of fused-ring (bicyclic) bond motifs is 3. The van der Waals surface area contributed by atoms with Gasteiger partial charge in [-0.3, -0.25) is 0 Å². The molecule has 5 aromatic rings. The molecule has 0 spiro atoms. The molecule has 0 aliphatic heterocycles. The Morgan fingerprint density at radius 1 is 0.853 bits per heavy atom. The zero-order chi connectivity index (χ0) is 23.5. The highest BCUT2D eigenvalue weighted by molar-refractivity contribution is 5.89. The average molecular weight is 459 g/mol. The minimum Gasteiger partial charge on any atom is -0.490 e. The third-order valence-electron chi connectivity index (χ3n) is 5.32. The summed E-state index contributed by atoms with van der Waals surface area (Å²) in [6, 6.07) is 13.9. The first-order valence-electron chi connectivity index (χ1n) is 11.4. The maximum Gasteiger partial charge on any atom is 0.203 e. The van der Waals surface area contributed by atoms with Gasteiger partial charge in [0.25, 0.3) is 0 Å². The number of hydrogen-bond acceptors (Lipinski definition) is 7. The van der Waals surface area contributed by atoms with Gasteiger partial charge in [-0.05, 0) is 38.5 Å².